The number of benzene rings is 1. The van der Waals surface area contributed by atoms with Gasteiger partial charge in [0.2, 0.25) is 11.8 Å². The van der Waals surface area contributed by atoms with Gasteiger partial charge in [0.1, 0.15) is 17.9 Å². The Kier molecular flexibility index (Phi) is 4.37. The number of amides is 4. The van der Waals surface area contributed by atoms with Crippen molar-refractivity contribution in [1.82, 2.24) is 15.5 Å². The van der Waals surface area contributed by atoms with E-state index in [0.29, 0.717) is 25.1 Å². The molecule has 2 fully saturated rings. The molecule has 7 nitrogen and oxygen atoms in total. The molecule has 2 saturated heterocycles. The number of carbonyl (C=O) groups is 3. The summed E-state index contributed by atoms with van der Waals surface area (Å²) in [5, 5.41) is 8.07. The predicted molar refractivity (Wildman–Crippen MR) is 84.7 cm³/mol. The molecule has 0 unspecified atom stereocenters. The summed E-state index contributed by atoms with van der Waals surface area (Å²) in [5.41, 5.74) is 0.462. The van der Waals surface area contributed by atoms with Crippen molar-refractivity contribution < 1.29 is 18.8 Å². The number of fused-ring (bicyclic) bond motifs is 1. The monoisotopic (exact) mass is 334 g/mol. The fourth-order valence-electron chi connectivity index (χ4n) is 3.12. The van der Waals surface area contributed by atoms with Crippen LogP contribution in [0.1, 0.15) is 19.8 Å². The van der Waals surface area contributed by atoms with Crippen LogP contribution >= 0.6 is 0 Å². The summed E-state index contributed by atoms with van der Waals surface area (Å²) in [4.78, 5) is 37.9. The van der Waals surface area contributed by atoms with Gasteiger partial charge in [-0.25, -0.2) is 9.18 Å². The van der Waals surface area contributed by atoms with Crippen LogP contribution in [0.4, 0.5) is 14.9 Å². The molecule has 2 aliphatic heterocycles. The summed E-state index contributed by atoms with van der Waals surface area (Å²) < 4.78 is 12.9. The van der Waals surface area contributed by atoms with Crippen LogP contribution in [0.2, 0.25) is 0 Å². The van der Waals surface area contributed by atoms with Crippen LogP contribution in [0.15, 0.2) is 24.3 Å². The Hall–Kier alpha value is -2.64. The van der Waals surface area contributed by atoms with Gasteiger partial charge in [0.25, 0.3) is 0 Å². The molecule has 128 valence electrons. The molecule has 1 aromatic rings. The molecule has 2 aliphatic rings. The lowest BCUT2D eigenvalue weighted by Crippen LogP contribution is -2.60. The third-order valence-corrected chi connectivity index (χ3v) is 4.35. The Morgan fingerprint density at radius 3 is 2.71 bits per heavy atom. The first-order valence-electron chi connectivity index (χ1n) is 7.92. The summed E-state index contributed by atoms with van der Waals surface area (Å²) in [6.45, 7) is 2.15. The third kappa shape index (κ3) is 3.17. The number of nitrogens with one attached hydrogen (secondary N) is 3. The zero-order valence-electron chi connectivity index (χ0n) is 13.2. The maximum absolute atomic E-state index is 12.9. The fraction of sp³-hybridized carbons (Fsp3) is 0.438. The highest BCUT2D eigenvalue weighted by Gasteiger charge is 2.46. The van der Waals surface area contributed by atoms with E-state index in [9.17, 15) is 18.8 Å². The van der Waals surface area contributed by atoms with Crippen LogP contribution in [-0.4, -0.2) is 47.4 Å². The second kappa shape index (κ2) is 6.46. The first-order valence-corrected chi connectivity index (χ1v) is 7.92. The number of anilines is 1. The molecular weight excluding hydrogens is 315 g/mol. The van der Waals surface area contributed by atoms with Crippen molar-refractivity contribution in [3.05, 3.63) is 30.1 Å². The van der Waals surface area contributed by atoms with E-state index in [2.05, 4.69) is 16.0 Å². The third-order valence-electron chi connectivity index (χ3n) is 4.35. The van der Waals surface area contributed by atoms with E-state index in [1.807, 2.05) is 6.92 Å². The highest BCUT2D eigenvalue weighted by atomic mass is 19.1. The van der Waals surface area contributed by atoms with Gasteiger partial charge in [-0.2, -0.15) is 0 Å². The summed E-state index contributed by atoms with van der Waals surface area (Å²) in [6, 6.07) is 3.63. The SMILES string of the molecule is CC[C@@H]1NC(=O)[C@@H]2C[C@H](NC(=O)Nc3ccc(F)cc3)CN2C1=O. The predicted octanol–water partition coefficient (Wildman–Crippen LogP) is 0.825. The van der Waals surface area contributed by atoms with E-state index in [1.165, 1.54) is 29.2 Å². The number of rotatable bonds is 3. The molecule has 3 N–H and O–H groups in total. The van der Waals surface area contributed by atoms with Crippen LogP contribution in [0.5, 0.6) is 0 Å². The van der Waals surface area contributed by atoms with Crippen molar-refractivity contribution in [2.45, 2.75) is 37.9 Å². The van der Waals surface area contributed by atoms with E-state index in [-0.39, 0.29) is 23.7 Å². The Labute approximate surface area is 138 Å². The minimum absolute atomic E-state index is 0.106. The summed E-state index contributed by atoms with van der Waals surface area (Å²) in [7, 11) is 0. The molecule has 0 saturated carbocycles. The fourth-order valence-corrected chi connectivity index (χ4v) is 3.12. The molecule has 0 bridgehead atoms. The lowest BCUT2D eigenvalue weighted by atomic mass is 10.1. The molecule has 0 aliphatic carbocycles. The Morgan fingerprint density at radius 1 is 1.33 bits per heavy atom. The molecule has 3 atom stereocenters. The molecule has 8 heteroatoms. The summed E-state index contributed by atoms with van der Waals surface area (Å²) in [6.07, 6.45) is 0.918. The topological polar surface area (TPSA) is 90.5 Å². The number of carbonyl (C=O) groups excluding carboxylic acids is 3. The van der Waals surface area contributed by atoms with E-state index in [4.69, 9.17) is 0 Å². The van der Waals surface area contributed by atoms with Gasteiger partial charge >= 0.3 is 6.03 Å². The molecule has 0 spiro atoms. The van der Waals surface area contributed by atoms with Crippen LogP contribution < -0.4 is 16.0 Å². The largest absolute Gasteiger partial charge is 0.343 e. The smallest absolute Gasteiger partial charge is 0.319 e. The summed E-state index contributed by atoms with van der Waals surface area (Å²) >= 11 is 0. The average Bonchev–Trinajstić information content (AvgIpc) is 2.97. The van der Waals surface area contributed by atoms with Gasteiger partial charge in [-0.05, 0) is 37.1 Å². The average molecular weight is 334 g/mol. The maximum atomic E-state index is 12.9. The number of urea groups is 1. The number of halogens is 1. The first kappa shape index (κ1) is 16.2. The highest BCUT2D eigenvalue weighted by molar-refractivity contribution is 5.97. The Balaban J connectivity index is 1.59. The van der Waals surface area contributed by atoms with Crippen LogP contribution in [0.3, 0.4) is 0 Å². The van der Waals surface area contributed by atoms with E-state index in [0.717, 1.165) is 0 Å². The zero-order valence-corrected chi connectivity index (χ0v) is 13.2. The number of nitrogens with zero attached hydrogens (tertiary/aromatic N) is 1. The first-order chi connectivity index (χ1) is 11.5. The Bertz CT molecular complexity index is 664. The van der Waals surface area contributed by atoms with Gasteiger partial charge in [-0.1, -0.05) is 6.92 Å². The van der Waals surface area contributed by atoms with Gasteiger partial charge in [-0.3, -0.25) is 9.59 Å². The molecule has 4 amide bonds. The minimum atomic E-state index is -0.531. The molecule has 0 radical (unpaired) electrons. The number of hydrogen-bond donors (Lipinski definition) is 3. The van der Waals surface area contributed by atoms with E-state index < -0.39 is 18.1 Å². The van der Waals surface area contributed by atoms with Crippen LogP contribution in [0, 0.1) is 5.82 Å². The lowest BCUT2D eigenvalue weighted by Gasteiger charge is -2.33. The standard InChI is InChI=1S/C16H19FN4O3/c1-2-12-15(23)21-8-11(7-13(21)14(22)20-12)19-16(24)18-10-5-3-9(17)4-6-10/h3-6,11-13H,2,7-8H2,1H3,(H,20,22)(H2,18,19,24)/t11-,12-,13-/m0/s1. The molecule has 0 aromatic heterocycles. The quantitative estimate of drug-likeness (QED) is 0.764. The second-order valence-corrected chi connectivity index (χ2v) is 6.01. The molecule has 1 aromatic carbocycles. The number of piperazine rings is 1. The number of hydrogen-bond acceptors (Lipinski definition) is 3. The van der Waals surface area contributed by atoms with Crippen molar-refractivity contribution in [3.63, 3.8) is 0 Å². The molecular formula is C16H19FN4O3. The molecule has 24 heavy (non-hydrogen) atoms. The normalized spacial score (nSPS) is 25.9. The van der Waals surface area contributed by atoms with Crippen molar-refractivity contribution in [2.24, 2.45) is 0 Å². The van der Waals surface area contributed by atoms with Crippen LogP contribution in [-0.2, 0) is 9.59 Å². The van der Waals surface area contributed by atoms with E-state index in [1.54, 1.807) is 0 Å². The zero-order chi connectivity index (χ0) is 17.3. The molecule has 3 rings (SSSR count). The van der Waals surface area contributed by atoms with Gasteiger partial charge in [-0.15, -0.1) is 0 Å². The lowest BCUT2D eigenvalue weighted by molar-refractivity contribution is -0.147. The Morgan fingerprint density at radius 2 is 2.04 bits per heavy atom. The second-order valence-electron chi connectivity index (χ2n) is 6.01. The van der Waals surface area contributed by atoms with E-state index >= 15 is 0 Å². The molecule has 2 heterocycles. The van der Waals surface area contributed by atoms with Crippen molar-refractivity contribution in [3.8, 4) is 0 Å². The van der Waals surface area contributed by atoms with Gasteiger partial charge in [0.05, 0.1) is 6.04 Å². The van der Waals surface area contributed by atoms with Crippen LogP contribution in [0.25, 0.3) is 0 Å². The van der Waals surface area contributed by atoms with Crippen molar-refractivity contribution >= 4 is 23.5 Å². The van der Waals surface area contributed by atoms with Crippen molar-refractivity contribution in [1.29, 1.82) is 0 Å². The highest BCUT2D eigenvalue weighted by Crippen LogP contribution is 2.23. The van der Waals surface area contributed by atoms with Gasteiger partial charge < -0.3 is 20.9 Å². The van der Waals surface area contributed by atoms with Crippen molar-refractivity contribution in [2.75, 3.05) is 11.9 Å². The van der Waals surface area contributed by atoms with Gasteiger partial charge in [0, 0.05) is 12.2 Å². The maximum Gasteiger partial charge on any atom is 0.319 e. The summed E-state index contributed by atoms with van der Waals surface area (Å²) in [5.74, 6) is -0.668. The van der Waals surface area contributed by atoms with Gasteiger partial charge in [0.15, 0.2) is 0 Å². The minimum Gasteiger partial charge on any atom is -0.343 e.